The largest absolute Gasteiger partial charge is 0.309 e. The Bertz CT molecular complexity index is 774. The summed E-state index contributed by atoms with van der Waals surface area (Å²) in [5.41, 5.74) is 2.41. The summed E-state index contributed by atoms with van der Waals surface area (Å²) in [6.07, 6.45) is 3.53. The molecule has 1 unspecified atom stereocenters. The van der Waals surface area contributed by atoms with E-state index in [2.05, 4.69) is 22.3 Å². The minimum Gasteiger partial charge on any atom is -0.309 e. The van der Waals surface area contributed by atoms with Gasteiger partial charge in [0.15, 0.2) is 5.82 Å². The molecule has 1 N–H and O–H groups in total. The van der Waals surface area contributed by atoms with E-state index in [1.54, 1.807) is 6.07 Å². The van der Waals surface area contributed by atoms with Gasteiger partial charge < -0.3 is 5.32 Å². The second kappa shape index (κ2) is 6.58. The Morgan fingerprint density at radius 1 is 1.40 bits per heavy atom. The van der Waals surface area contributed by atoms with E-state index in [1.807, 2.05) is 25.5 Å². The summed E-state index contributed by atoms with van der Waals surface area (Å²) >= 11 is 0. The van der Waals surface area contributed by atoms with Gasteiger partial charge >= 0.3 is 0 Å². The molecule has 1 aliphatic rings. The molecular formula is C19H25FN4O. The molecule has 25 heavy (non-hydrogen) atoms. The van der Waals surface area contributed by atoms with E-state index < -0.39 is 0 Å². The minimum absolute atomic E-state index is 0.0700. The highest BCUT2D eigenvalue weighted by atomic mass is 19.1. The lowest BCUT2D eigenvalue weighted by Crippen LogP contribution is -2.20. The number of aryl methyl sites for hydroxylation is 1. The van der Waals surface area contributed by atoms with Crippen molar-refractivity contribution in [2.24, 2.45) is 11.3 Å². The van der Waals surface area contributed by atoms with Gasteiger partial charge in [-0.05, 0) is 36.3 Å². The van der Waals surface area contributed by atoms with Crippen molar-refractivity contribution in [1.29, 1.82) is 0 Å². The molecule has 0 fully saturated rings. The van der Waals surface area contributed by atoms with Crippen molar-refractivity contribution < 1.29 is 9.18 Å². The average Bonchev–Trinajstić information content (AvgIpc) is 2.83. The lowest BCUT2D eigenvalue weighted by molar-refractivity contribution is -0.117. The Hall–Kier alpha value is -2.24. The molecule has 6 heteroatoms. The first-order valence-corrected chi connectivity index (χ1v) is 8.74. The van der Waals surface area contributed by atoms with Gasteiger partial charge in [-0.25, -0.2) is 4.39 Å². The first-order chi connectivity index (χ1) is 11.7. The lowest BCUT2D eigenvalue weighted by Gasteiger charge is -2.20. The zero-order valence-corrected chi connectivity index (χ0v) is 15.3. The predicted octanol–water partition coefficient (Wildman–Crippen LogP) is 4.04. The van der Waals surface area contributed by atoms with Crippen molar-refractivity contribution in [2.45, 2.75) is 53.5 Å². The number of anilines is 1. The first kappa shape index (κ1) is 17.6. The van der Waals surface area contributed by atoms with Gasteiger partial charge in [0.1, 0.15) is 5.82 Å². The fourth-order valence-electron chi connectivity index (χ4n) is 3.20. The Kier molecular flexibility index (Phi) is 4.62. The van der Waals surface area contributed by atoms with E-state index in [1.165, 1.54) is 12.3 Å². The van der Waals surface area contributed by atoms with Crippen LogP contribution in [0.5, 0.6) is 0 Å². The lowest BCUT2D eigenvalue weighted by atomic mass is 9.92. The van der Waals surface area contributed by atoms with Crippen LogP contribution in [-0.2, 0) is 17.8 Å². The van der Waals surface area contributed by atoms with Crippen molar-refractivity contribution in [1.82, 2.24) is 14.8 Å². The van der Waals surface area contributed by atoms with Crippen molar-refractivity contribution in [3.63, 3.8) is 0 Å². The van der Waals surface area contributed by atoms with E-state index in [4.69, 9.17) is 0 Å². The van der Waals surface area contributed by atoms with Crippen LogP contribution in [0.1, 0.15) is 46.2 Å². The number of nitrogens with zero attached hydrogens (tertiary/aromatic N) is 3. The van der Waals surface area contributed by atoms with Gasteiger partial charge in [0.25, 0.3) is 0 Å². The van der Waals surface area contributed by atoms with Crippen molar-refractivity contribution in [2.75, 3.05) is 5.32 Å². The highest BCUT2D eigenvalue weighted by molar-refractivity contribution is 5.94. The standard InChI is InChI=1S/C19H25FN4O/c1-12-7-8-24-15(9-12)17(14-6-5-13(20)11-21-14)18(23-24)22-16(25)10-19(2,3)4/h5-6,11-12H,7-10H2,1-4H3,(H,22,23,25). The van der Waals surface area contributed by atoms with Crippen LogP contribution in [-0.4, -0.2) is 20.7 Å². The molecule has 0 bridgehead atoms. The molecule has 0 radical (unpaired) electrons. The van der Waals surface area contributed by atoms with Gasteiger partial charge in [0.2, 0.25) is 5.91 Å². The van der Waals surface area contributed by atoms with Gasteiger partial charge in [-0.3, -0.25) is 14.5 Å². The van der Waals surface area contributed by atoms with Crippen LogP contribution in [0.3, 0.4) is 0 Å². The SMILES string of the molecule is CC1CCn2nc(NC(=O)CC(C)(C)C)c(-c3ccc(F)cn3)c2C1. The monoisotopic (exact) mass is 344 g/mol. The van der Waals surface area contributed by atoms with E-state index in [0.29, 0.717) is 23.9 Å². The molecule has 1 amide bonds. The number of carbonyl (C=O) groups excluding carboxylic acids is 1. The van der Waals surface area contributed by atoms with Gasteiger partial charge in [-0.2, -0.15) is 5.10 Å². The number of aromatic nitrogens is 3. The average molecular weight is 344 g/mol. The van der Waals surface area contributed by atoms with E-state index in [0.717, 1.165) is 30.6 Å². The number of pyridine rings is 1. The molecule has 3 rings (SSSR count). The van der Waals surface area contributed by atoms with Gasteiger partial charge in [0.05, 0.1) is 23.1 Å². The van der Waals surface area contributed by atoms with E-state index in [9.17, 15) is 9.18 Å². The maximum Gasteiger partial charge on any atom is 0.226 e. The molecule has 0 spiro atoms. The maximum absolute atomic E-state index is 13.3. The minimum atomic E-state index is -0.378. The smallest absolute Gasteiger partial charge is 0.226 e. The molecule has 2 aromatic heterocycles. The Morgan fingerprint density at radius 2 is 2.16 bits per heavy atom. The van der Waals surface area contributed by atoms with Gasteiger partial charge in [0, 0.05) is 13.0 Å². The van der Waals surface area contributed by atoms with E-state index >= 15 is 0 Å². The number of amides is 1. The fourth-order valence-corrected chi connectivity index (χ4v) is 3.20. The highest BCUT2D eigenvalue weighted by Crippen LogP contribution is 2.35. The van der Waals surface area contributed by atoms with Gasteiger partial charge in [-0.15, -0.1) is 0 Å². The van der Waals surface area contributed by atoms with Crippen LogP contribution in [0, 0.1) is 17.2 Å². The Balaban J connectivity index is 2.00. The topological polar surface area (TPSA) is 59.8 Å². The van der Waals surface area contributed by atoms with Crippen LogP contribution >= 0.6 is 0 Å². The third kappa shape index (κ3) is 4.06. The number of fused-ring (bicyclic) bond motifs is 1. The summed E-state index contributed by atoms with van der Waals surface area (Å²) in [4.78, 5) is 16.6. The number of hydrogen-bond acceptors (Lipinski definition) is 3. The second-order valence-electron chi connectivity index (χ2n) is 8.14. The predicted molar refractivity (Wildman–Crippen MR) is 95.6 cm³/mol. The summed E-state index contributed by atoms with van der Waals surface area (Å²) < 4.78 is 15.2. The van der Waals surface area contributed by atoms with Gasteiger partial charge in [-0.1, -0.05) is 27.7 Å². The van der Waals surface area contributed by atoms with Crippen molar-refractivity contribution in [3.05, 3.63) is 29.8 Å². The van der Waals surface area contributed by atoms with Crippen molar-refractivity contribution in [3.8, 4) is 11.3 Å². The quantitative estimate of drug-likeness (QED) is 0.914. The van der Waals surface area contributed by atoms with E-state index in [-0.39, 0.29) is 17.1 Å². The molecule has 5 nitrogen and oxygen atoms in total. The van der Waals surface area contributed by atoms with Crippen LogP contribution in [0.15, 0.2) is 18.3 Å². The molecule has 1 atom stereocenters. The molecule has 134 valence electrons. The van der Waals surface area contributed by atoms with Crippen LogP contribution in [0.4, 0.5) is 10.2 Å². The van der Waals surface area contributed by atoms with Crippen molar-refractivity contribution >= 4 is 11.7 Å². The van der Waals surface area contributed by atoms with Crippen LogP contribution < -0.4 is 5.32 Å². The zero-order chi connectivity index (χ0) is 18.2. The molecule has 1 aliphatic heterocycles. The Labute approximate surface area is 147 Å². The summed E-state index contributed by atoms with van der Waals surface area (Å²) in [7, 11) is 0. The number of hydrogen-bond donors (Lipinski definition) is 1. The normalized spacial score (nSPS) is 17.2. The second-order valence-corrected chi connectivity index (χ2v) is 8.14. The molecule has 0 saturated heterocycles. The van der Waals surface area contributed by atoms with Crippen LogP contribution in [0.25, 0.3) is 11.3 Å². The molecule has 0 aliphatic carbocycles. The summed E-state index contributed by atoms with van der Waals surface area (Å²) in [6.45, 7) is 9.09. The number of nitrogens with one attached hydrogen (secondary N) is 1. The third-order valence-electron chi connectivity index (χ3n) is 4.37. The third-order valence-corrected chi connectivity index (χ3v) is 4.37. The molecule has 0 aromatic carbocycles. The Morgan fingerprint density at radius 3 is 2.80 bits per heavy atom. The first-order valence-electron chi connectivity index (χ1n) is 8.74. The summed E-state index contributed by atoms with van der Waals surface area (Å²) in [5, 5.41) is 7.55. The molecule has 0 saturated carbocycles. The number of rotatable bonds is 3. The molecule has 3 heterocycles. The number of halogens is 1. The fraction of sp³-hybridized carbons (Fsp3) is 0.526. The zero-order valence-electron chi connectivity index (χ0n) is 15.3. The maximum atomic E-state index is 13.3. The number of carbonyl (C=O) groups is 1. The van der Waals surface area contributed by atoms with Crippen LogP contribution in [0.2, 0.25) is 0 Å². The highest BCUT2D eigenvalue weighted by Gasteiger charge is 2.27. The molecular weight excluding hydrogens is 319 g/mol. The molecule has 2 aromatic rings. The summed E-state index contributed by atoms with van der Waals surface area (Å²) in [6, 6.07) is 3.03. The summed E-state index contributed by atoms with van der Waals surface area (Å²) in [5.74, 6) is 0.620.